The predicted octanol–water partition coefficient (Wildman–Crippen LogP) is 0.574. The molecule has 7 heteroatoms. The monoisotopic (exact) mass is 264 g/mol. The van der Waals surface area contributed by atoms with Crippen LogP contribution < -0.4 is 16.8 Å². The summed E-state index contributed by atoms with van der Waals surface area (Å²) in [6, 6.07) is 9.43. The molecule has 1 rings (SSSR count). The van der Waals surface area contributed by atoms with E-state index in [0.717, 1.165) is 5.69 Å². The van der Waals surface area contributed by atoms with Crippen molar-refractivity contribution in [3.63, 3.8) is 0 Å². The molecule has 1 aromatic carbocycles. The van der Waals surface area contributed by atoms with Crippen molar-refractivity contribution in [2.75, 3.05) is 19.4 Å². The second-order valence-corrected chi connectivity index (χ2v) is 4.02. The molecule has 0 amide bonds. The molecule has 1 aromatic rings. The Morgan fingerprint density at radius 3 is 2.33 bits per heavy atom. The molecule has 0 aromatic heterocycles. The van der Waals surface area contributed by atoms with Crippen LogP contribution in [0.1, 0.15) is 0 Å². The van der Waals surface area contributed by atoms with Gasteiger partial charge in [0, 0.05) is 19.8 Å². The SMILES string of the molecule is CN(C)/C(N)=N/C(N)=N/C(=S)Nc1ccccc1. The van der Waals surface area contributed by atoms with E-state index in [9.17, 15) is 0 Å². The molecule has 0 aliphatic carbocycles. The van der Waals surface area contributed by atoms with Gasteiger partial charge in [0.15, 0.2) is 5.96 Å². The number of nitrogens with two attached hydrogens (primary N) is 2. The van der Waals surface area contributed by atoms with E-state index in [0.29, 0.717) is 0 Å². The van der Waals surface area contributed by atoms with Gasteiger partial charge in [-0.15, -0.1) is 0 Å². The highest BCUT2D eigenvalue weighted by molar-refractivity contribution is 7.80. The van der Waals surface area contributed by atoms with Gasteiger partial charge in [-0.2, -0.15) is 9.98 Å². The van der Waals surface area contributed by atoms with E-state index in [-0.39, 0.29) is 17.0 Å². The van der Waals surface area contributed by atoms with Crippen LogP contribution in [0.3, 0.4) is 0 Å². The van der Waals surface area contributed by atoms with Gasteiger partial charge < -0.3 is 21.7 Å². The third kappa shape index (κ3) is 4.79. The average molecular weight is 264 g/mol. The van der Waals surface area contributed by atoms with Crippen molar-refractivity contribution in [1.82, 2.24) is 4.90 Å². The van der Waals surface area contributed by atoms with Crippen molar-refractivity contribution >= 4 is 34.9 Å². The molecule has 0 saturated carbocycles. The van der Waals surface area contributed by atoms with E-state index in [1.165, 1.54) is 0 Å². The lowest BCUT2D eigenvalue weighted by Gasteiger charge is -2.09. The quantitative estimate of drug-likeness (QED) is 0.392. The minimum Gasteiger partial charge on any atom is -0.369 e. The number of para-hydroxylation sites is 1. The summed E-state index contributed by atoms with van der Waals surface area (Å²) >= 11 is 5.03. The first-order valence-corrected chi connectivity index (χ1v) is 5.61. The molecular weight excluding hydrogens is 248 g/mol. The van der Waals surface area contributed by atoms with Crippen molar-refractivity contribution in [1.29, 1.82) is 0 Å². The summed E-state index contributed by atoms with van der Waals surface area (Å²) in [4.78, 5) is 9.41. The number of guanidine groups is 2. The number of nitrogens with zero attached hydrogens (tertiary/aromatic N) is 3. The Kier molecular flexibility index (Phi) is 5.06. The van der Waals surface area contributed by atoms with Crippen molar-refractivity contribution < 1.29 is 0 Å². The molecule has 6 nitrogen and oxygen atoms in total. The summed E-state index contributed by atoms with van der Waals surface area (Å²) in [5.41, 5.74) is 12.0. The number of thiocarbonyl (C=S) groups is 1. The summed E-state index contributed by atoms with van der Waals surface area (Å²) in [7, 11) is 3.51. The van der Waals surface area contributed by atoms with Crippen LogP contribution in [0, 0.1) is 0 Å². The van der Waals surface area contributed by atoms with E-state index in [2.05, 4.69) is 15.3 Å². The van der Waals surface area contributed by atoms with E-state index in [4.69, 9.17) is 23.7 Å². The summed E-state index contributed by atoms with van der Waals surface area (Å²) in [6.45, 7) is 0. The molecule has 0 heterocycles. The summed E-state index contributed by atoms with van der Waals surface area (Å²) in [6.07, 6.45) is 0. The van der Waals surface area contributed by atoms with E-state index in [1.807, 2.05) is 30.3 Å². The number of anilines is 1. The van der Waals surface area contributed by atoms with Crippen LogP contribution in [-0.4, -0.2) is 36.0 Å². The van der Waals surface area contributed by atoms with E-state index < -0.39 is 0 Å². The Morgan fingerprint density at radius 2 is 1.78 bits per heavy atom. The number of aliphatic imine (C=N–C) groups is 2. The first-order valence-electron chi connectivity index (χ1n) is 5.20. The predicted molar refractivity (Wildman–Crippen MR) is 79.6 cm³/mol. The zero-order valence-electron chi connectivity index (χ0n) is 10.3. The molecule has 0 radical (unpaired) electrons. The van der Waals surface area contributed by atoms with Gasteiger partial charge in [0.2, 0.25) is 11.1 Å². The van der Waals surface area contributed by atoms with Gasteiger partial charge in [0.1, 0.15) is 0 Å². The van der Waals surface area contributed by atoms with Gasteiger partial charge in [0.05, 0.1) is 0 Å². The Labute approximate surface area is 111 Å². The first kappa shape index (κ1) is 13.9. The molecule has 5 N–H and O–H groups in total. The maximum absolute atomic E-state index is 5.60. The average Bonchev–Trinajstić information content (AvgIpc) is 2.29. The van der Waals surface area contributed by atoms with Gasteiger partial charge in [0.25, 0.3) is 0 Å². The Hall–Kier alpha value is -2.15. The van der Waals surface area contributed by atoms with Crippen LogP contribution in [-0.2, 0) is 0 Å². The number of hydrogen-bond acceptors (Lipinski definition) is 1. The number of nitrogens with one attached hydrogen (secondary N) is 1. The van der Waals surface area contributed by atoms with Gasteiger partial charge in [-0.1, -0.05) is 18.2 Å². The lowest BCUT2D eigenvalue weighted by atomic mass is 10.3. The van der Waals surface area contributed by atoms with Gasteiger partial charge in [-0.05, 0) is 24.4 Å². The highest BCUT2D eigenvalue weighted by atomic mass is 32.1. The van der Waals surface area contributed by atoms with Crippen LogP contribution in [0.4, 0.5) is 5.69 Å². The minimum atomic E-state index is 0.00892. The van der Waals surface area contributed by atoms with Gasteiger partial charge in [-0.3, -0.25) is 0 Å². The number of hydrogen-bond donors (Lipinski definition) is 3. The second kappa shape index (κ2) is 6.55. The third-order valence-electron chi connectivity index (χ3n) is 1.93. The fraction of sp³-hybridized carbons (Fsp3) is 0.182. The van der Waals surface area contributed by atoms with Crippen molar-refractivity contribution in [3.05, 3.63) is 30.3 Å². The Morgan fingerprint density at radius 1 is 1.17 bits per heavy atom. The molecule has 0 fully saturated rings. The fourth-order valence-corrected chi connectivity index (χ4v) is 1.23. The van der Waals surface area contributed by atoms with Crippen molar-refractivity contribution in [3.8, 4) is 0 Å². The van der Waals surface area contributed by atoms with Crippen LogP contribution >= 0.6 is 12.2 Å². The van der Waals surface area contributed by atoms with E-state index >= 15 is 0 Å². The lowest BCUT2D eigenvalue weighted by molar-refractivity contribution is 0.615. The largest absolute Gasteiger partial charge is 0.369 e. The Bertz CT molecular complexity index is 466. The zero-order chi connectivity index (χ0) is 13.5. The number of rotatable bonds is 1. The highest BCUT2D eigenvalue weighted by Crippen LogP contribution is 2.05. The normalized spacial score (nSPS) is 12.1. The molecular formula is C11H16N6S. The topological polar surface area (TPSA) is 92.0 Å². The van der Waals surface area contributed by atoms with Crippen LogP contribution in [0.2, 0.25) is 0 Å². The van der Waals surface area contributed by atoms with Gasteiger partial charge in [-0.25, -0.2) is 0 Å². The van der Waals surface area contributed by atoms with Gasteiger partial charge >= 0.3 is 0 Å². The van der Waals surface area contributed by atoms with Crippen molar-refractivity contribution in [2.45, 2.75) is 0 Å². The molecule has 0 saturated heterocycles. The molecule has 0 aliphatic heterocycles. The van der Waals surface area contributed by atoms with Crippen LogP contribution in [0.25, 0.3) is 0 Å². The van der Waals surface area contributed by atoms with Crippen LogP contribution in [0.5, 0.6) is 0 Å². The zero-order valence-corrected chi connectivity index (χ0v) is 11.1. The molecule has 0 spiro atoms. The fourth-order valence-electron chi connectivity index (χ4n) is 1.02. The van der Waals surface area contributed by atoms with E-state index in [1.54, 1.807) is 19.0 Å². The van der Waals surface area contributed by atoms with Crippen LogP contribution in [0.15, 0.2) is 40.3 Å². The smallest absolute Gasteiger partial charge is 0.225 e. The highest BCUT2D eigenvalue weighted by Gasteiger charge is 1.99. The molecule has 0 bridgehead atoms. The first-order chi connectivity index (χ1) is 8.49. The number of benzene rings is 1. The second-order valence-electron chi connectivity index (χ2n) is 3.63. The molecule has 18 heavy (non-hydrogen) atoms. The third-order valence-corrected chi connectivity index (χ3v) is 2.12. The maximum Gasteiger partial charge on any atom is 0.225 e. The maximum atomic E-state index is 5.60. The minimum absolute atomic E-state index is 0.00892. The molecule has 0 unspecified atom stereocenters. The molecule has 96 valence electrons. The molecule has 0 atom stereocenters. The standard InChI is InChI=1S/C11H16N6S/c1-17(2)10(13)15-9(12)16-11(18)14-8-6-4-3-5-7-8/h3-7H,1-2H3,(H5,12,13,14,15,16,18). The lowest BCUT2D eigenvalue weighted by Crippen LogP contribution is -2.32. The Balaban J connectivity index is 2.66. The summed E-state index contributed by atoms with van der Waals surface area (Å²) in [5, 5.41) is 3.15. The van der Waals surface area contributed by atoms with Crippen molar-refractivity contribution in [2.24, 2.45) is 21.5 Å². The molecule has 0 aliphatic rings. The summed E-state index contributed by atoms with van der Waals surface area (Å²) in [5.74, 6) is 0.272. The summed E-state index contributed by atoms with van der Waals surface area (Å²) < 4.78 is 0.